The zero-order valence-electron chi connectivity index (χ0n) is 16.0. The average Bonchev–Trinajstić information content (AvgIpc) is 3.17. The van der Waals surface area contributed by atoms with Gasteiger partial charge in [-0.25, -0.2) is 0 Å². The maximum atomic E-state index is 13.1. The quantitative estimate of drug-likeness (QED) is 0.660. The fourth-order valence-corrected chi connectivity index (χ4v) is 4.00. The number of ketones is 1. The highest BCUT2D eigenvalue weighted by atomic mass is 16.2. The molecule has 2 N–H and O–H groups in total. The Hall–Kier alpha value is -2.92. The molecule has 28 heavy (non-hydrogen) atoms. The summed E-state index contributed by atoms with van der Waals surface area (Å²) in [7, 11) is 0. The molecular weight excluding hydrogens is 350 g/mol. The van der Waals surface area contributed by atoms with Crippen molar-refractivity contribution in [2.75, 3.05) is 18.4 Å². The van der Waals surface area contributed by atoms with E-state index in [0.29, 0.717) is 6.54 Å². The number of Topliss-reactive ketones (excluding diaryl/α,β-unsaturated/α-hetero) is 1. The second-order valence-corrected chi connectivity index (χ2v) is 7.48. The molecule has 1 saturated heterocycles. The van der Waals surface area contributed by atoms with Crippen LogP contribution in [0.1, 0.15) is 30.1 Å². The first-order valence-corrected chi connectivity index (χ1v) is 9.84. The smallest absolute Gasteiger partial charge is 0.228 e. The number of aromatic amines is 1. The molecule has 5 heteroatoms. The summed E-state index contributed by atoms with van der Waals surface area (Å²) in [6.07, 6.45) is 3.56. The van der Waals surface area contributed by atoms with Crippen molar-refractivity contribution in [3.05, 3.63) is 66.4 Å². The predicted molar refractivity (Wildman–Crippen MR) is 111 cm³/mol. The van der Waals surface area contributed by atoms with Crippen molar-refractivity contribution >= 4 is 28.3 Å². The van der Waals surface area contributed by atoms with Gasteiger partial charge in [0.1, 0.15) is 0 Å². The van der Waals surface area contributed by atoms with Gasteiger partial charge < -0.3 is 10.3 Å². The zero-order valence-corrected chi connectivity index (χ0v) is 16.0. The Morgan fingerprint density at radius 3 is 2.68 bits per heavy atom. The van der Waals surface area contributed by atoms with Gasteiger partial charge in [0.15, 0.2) is 5.78 Å². The molecule has 0 aliphatic carbocycles. The topological polar surface area (TPSA) is 65.2 Å². The second kappa shape index (κ2) is 7.98. The maximum absolute atomic E-state index is 13.1. The number of carbonyl (C=O) groups excluding carboxylic acids is 2. The van der Waals surface area contributed by atoms with Gasteiger partial charge in [0.25, 0.3) is 0 Å². The lowest BCUT2D eigenvalue weighted by Gasteiger charge is -2.35. The normalized spacial score (nSPS) is 18.7. The molecule has 2 atom stereocenters. The minimum Gasteiger partial charge on any atom is -0.360 e. The largest absolute Gasteiger partial charge is 0.360 e. The number of anilines is 1. The van der Waals surface area contributed by atoms with E-state index in [4.69, 9.17) is 0 Å². The number of rotatable bonds is 5. The van der Waals surface area contributed by atoms with E-state index < -0.39 is 0 Å². The van der Waals surface area contributed by atoms with Crippen LogP contribution in [0.4, 0.5) is 5.69 Å². The number of amides is 1. The molecule has 2 heterocycles. The van der Waals surface area contributed by atoms with Crippen molar-refractivity contribution < 1.29 is 9.59 Å². The van der Waals surface area contributed by atoms with Crippen LogP contribution < -0.4 is 5.32 Å². The summed E-state index contributed by atoms with van der Waals surface area (Å²) < 4.78 is 0. The molecule has 1 aliphatic heterocycles. The van der Waals surface area contributed by atoms with Gasteiger partial charge in [0, 0.05) is 34.9 Å². The summed E-state index contributed by atoms with van der Waals surface area (Å²) >= 11 is 0. The van der Waals surface area contributed by atoms with Crippen LogP contribution in [0.3, 0.4) is 0 Å². The van der Waals surface area contributed by atoms with Crippen LogP contribution in [0.5, 0.6) is 0 Å². The van der Waals surface area contributed by atoms with Gasteiger partial charge >= 0.3 is 0 Å². The van der Waals surface area contributed by atoms with Crippen molar-refractivity contribution in [1.82, 2.24) is 9.88 Å². The highest BCUT2D eigenvalue weighted by Gasteiger charge is 2.31. The fraction of sp³-hybridized carbons (Fsp3) is 0.304. The number of piperidine rings is 1. The molecule has 144 valence electrons. The third-order valence-electron chi connectivity index (χ3n) is 5.65. The monoisotopic (exact) mass is 375 g/mol. The molecule has 0 bridgehead atoms. The number of fused-ring (bicyclic) bond motifs is 1. The van der Waals surface area contributed by atoms with Gasteiger partial charge in [-0.1, -0.05) is 36.4 Å². The number of nitrogens with one attached hydrogen (secondary N) is 2. The molecule has 3 aromatic rings. The van der Waals surface area contributed by atoms with Gasteiger partial charge in [-0.05, 0) is 44.5 Å². The summed E-state index contributed by atoms with van der Waals surface area (Å²) in [5.41, 5.74) is 2.50. The average molecular weight is 375 g/mol. The molecule has 2 aromatic carbocycles. The lowest BCUT2D eigenvalue weighted by Crippen LogP contribution is -2.47. The van der Waals surface area contributed by atoms with E-state index in [1.54, 1.807) is 6.20 Å². The molecule has 0 saturated carbocycles. The number of benzene rings is 2. The van der Waals surface area contributed by atoms with E-state index in [9.17, 15) is 9.59 Å². The number of hydrogen-bond donors (Lipinski definition) is 2. The molecular formula is C23H25N3O2. The third kappa shape index (κ3) is 3.71. The molecule has 0 unspecified atom stereocenters. The third-order valence-corrected chi connectivity index (χ3v) is 5.65. The molecule has 1 fully saturated rings. The molecule has 4 rings (SSSR count). The maximum Gasteiger partial charge on any atom is 0.228 e. The Balaban J connectivity index is 1.45. The van der Waals surface area contributed by atoms with E-state index in [0.717, 1.165) is 41.5 Å². The van der Waals surface area contributed by atoms with Crippen molar-refractivity contribution in [3.8, 4) is 0 Å². The summed E-state index contributed by atoms with van der Waals surface area (Å²) in [5, 5.41) is 3.95. The Morgan fingerprint density at radius 1 is 1.11 bits per heavy atom. The van der Waals surface area contributed by atoms with E-state index in [-0.39, 0.29) is 23.7 Å². The van der Waals surface area contributed by atoms with Crippen LogP contribution in [-0.4, -0.2) is 40.7 Å². The van der Waals surface area contributed by atoms with E-state index in [2.05, 4.69) is 15.2 Å². The number of likely N-dealkylation sites (tertiary alicyclic amines) is 1. The van der Waals surface area contributed by atoms with Crippen LogP contribution in [0.15, 0.2) is 60.8 Å². The minimum absolute atomic E-state index is 0.0302. The Labute approximate surface area is 164 Å². The van der Waals surface area contributed by atoms with E-state index in [1.807, 2.05) is 61.5 Å². The van der Waals surface area contributed by atoms with Crippen LogP contribution in [0.25, 0.3) is 10.9 Å². The van der Waals surface area contributed by atoms with Crippen LogP contribution in [0, 0.1) is 5.92 Å². The van der Waals surface area contributed by atoms with Gasteiger partial charge in [0.2, 0.25) is 5.91 Å². The van der Waals surface area contributed by atoms with E-state index in [1.165, 1.54) is 0 Å². The van der Waals surface area contributed by atoms with Crippen molar-refractivity contribution in [2.45, 2.75) is 25.8 Å². The highest BCUT2D eigenvalue weighted by Crippen LogP contribution is 2.24. The van der Waals surface area contributed by atoms with Crippen LogP contribution in [0.2, 0.25) is 0 Å². The number of aromatic nitrogens is 1. The first-order chi connectivity index (χ1) is 13.6. The summed E-state index contributed by atoms with van der Waals surface area (Å²) in [4.78, 5) is 31.1. The number of H-pyrrole nitrogens is 1. The van der Waals surface area contributed by atoms with Crippen LogP contribution in [-0.2, 0) is 4.79 Å². The van der Waals surface area contributed by atoms with Crippen molar-refractivity contribution in [1.29, 1.82) is 0 Å². The number of nitrogens with zero attached hydrogens (tertiary/aromatic N) is 1. The predicted octanol–water partition coefficient (Wildman–Crippen LogP) is 4.09. The Bertz CT molecular complexity index is 980. The van der Waals surface area contributed by atoms with Gasteiger partial charge in [0.05, 0.1) is 12.0 Å². The highest BCUT2D eigenvalue weighted by molar-refractivity contribution is 6.10. The van der Waals surface area contributed by atoms with Gasteiger partial charge in [-0.15, -0.1) is 0 Å². The fourth-order valence-electron chi connectivity index (χ4n) is 4.00. The summed E-state index contributed by atoms with van der Waals surface area (Å²) in [6, 6.07) is 17.1. The van der Waals surface area contributed by atoms with Gasteiger partial charge in [-0.2, -0.15) is 0 Å². The zero-order chi connectivity index (χ0) is 19.5. The number of hydrogen-bond acceptors (Lipinski definition) is 3. The van der Waals surface area contributed by atoms with Crippen LogP contribution >= 0.6 is 0 Å². The van der Waals surface area contributed by atoms with Crippen molar-refractivity contribution in [2.24, 2.45) is 5.92 Å². The molecule has 1 aromatic heterocycles. The second-order valence-electron chi connectivity index (χ2n) is 7.48. The summed E-state index contributed by atoms with van der Waals surface area (Å²) in [5.74, 6) is 0.0244. The lowest BCUT2D eigenvalue weighted by molar-refractivity contribution is -0.121. The van der Waals surface area contributed by atoms with Gasteiger partial charge in [-0.3, -0.25) is 14.5 Å². The lowest BCUT2D eigenvalue weighted by atomic mass is 9.94. The molecule has 0 radical (unpaired) electrons. The molecule has 0 spiro atoms. The first kappa shape index (κ1) is 18.4. The molecule has 1 aliphatic rings. The Morgan fingerprint density at radius 2 is 1.86 bits per heavy atom. The SMILES string of the molecule is C[C@@H](C(=O)c1c[nH]c2ccccc12)N1CCC[C@@H](C(=O)Nc2ccccc2)C1. The Kier molecular flexibility index (Phi) is 5.26. The first-order valence-electron chi connectivity index (χ1n) is 9.84. The summed E-state index contributed by atoms with van der Waals surface area (Å²) in [6.45, 7) is 3.39. The number of para-hydroxylation sites is 2. The standard InChI is InChI=1S/C23H25N3O2/c1-16(22(27)20-14-24-21-12-6-5-11-19(20)21)26-13-7-8-17(15-26)23(28)25-18-9-3-2-4-10-18/h2-6,9-12,14,16-17,24H,7-8,13,15H2,1H3,(H,25,28)/t16-,17+/m0/s1. The minimum atomic E-state index is -0.258. The molecule has 1 amide bonds. The van der Waals surface area contributed by atoms with Crippen molar-refractivity contribution in [3.63, 3.8) is 0 Å². The molecule has 5 nitrogen and oxygen atoms in total. The number of carbonyl (C=O) groups is 2. The van der Waals surface area contributed by atoms with E-state index >= 15 is 0 Å².